The summed E-state index contributed by atoms with van der Waals surface area (Å²) in [5, 5.41) is 16.5. The quantitative estimate of drug-likeness (QED) is 0.544. The lowest BCUT2D eigenvalue weighted by molar-refractivity contribution is -0.118. The molecule has 0 unspecified atom stereocenters. The van der Waals surface area contributed by atoms with Gasteiger partial charge in [-0.3, -0.25) is 9.48 Å². The third-order valence-corrected chi connectivity index (χ3v) is 6.57. The van der Waals surface area contributed by atoms with Crippen LogP contribution in [-0.4, -0.2) is 26.8 Å². The van der Waals surface area contributed by atoms with Crippen molar-refractivity contribution in [3.8, 4) is 11.1 Å². The molecule has 1 aromatic heterocycles. The van der Waals surface area contributed by atoms with Crippen LogP contribution in [0, 0.1) is 17.5 Å². The molecule has 5 rings (SSSR count). The first-order valence-corrected chi connectivity index (χ1v) is 10.7. The molecule has 0 spiro atoms. The van der Waals surface area contributed by atoms with Crippen molar-refractivity contribution in [3.63, 3.8) is 0 Å². The molecule has 9 heteroatoms. The van der Waals surface area contributed by atoms with E-state index in [-0.39, 0.29) is 22.9 Å². The van der Waals surface area contributed by atoms with Crippen LogP contribution in [0.25, 0.3) is 11.1 Å². The molecule has 2 aliphatic rings. The minimum Gasteiger partial charge on any atom is -0.478 e. The Morgan fingerprint density at radius 1 is 1.06 bits per heavy atom. The average molecular weight is 455 g/mol. The van der Waals surface area contributed by atoms with E-state index in [1.54, 1.807) is 10.9 Å². The molecule has 0 atom stereocenters. The maximum absolute atomic E-state index is 15.1. The van der Waals surface area contributed by atoms with Crippen LogP contribution in [0.15, 0.2) is 42.7 Å². The van der Waals surface area contributed by atoms with Gasteiger partial charge >= 0.3 is 5.97 Å². The lowest BCUT2D eigenvalue weighted by atomic mass is 9.93. The van der Waals surface area contributed by atoms with Gasteiger partial charge in [-0.25, -0.2) is 18.0 Å². The number of amides is 1. The SMILES string of the molecule is O=C(O)c1cc(NC(=O)C2(c3ccc(F)c(F)c3)CC2)cc(F)c1-c1cnn(C2CCC2)c1. The van der Waals surface area contributed by atoms with E-state index < -0.39 is 34.7 Å². The first-order chi connectivity index (χ1) is 15.8. The number of carboxylic acid groups (broad SMARTS) is 1. The minimum absolute atomic E-state index is 0.0288. The van der Waals surface area contributed by atoms with E-state index >= 15 is 4.39 Å². The van der Waals surface area contributed by atoms with Gasteiger partial charge in [0.25, 0.3) is 0 Å². The largest absolute Gasteiger partial charge is 0.478 e. The predicted octanol–water partition coefficient (Wildman–Crippen LogP) is 5.06. The van der Waals surface area contributed by atoms with Crippen molar-refractivity contribution >= 4 is 17.6 Å². The van der Waals surface area contributed by atoms with Crippen LogP contribution in [0.1, 0.15) is 54.1 Å². The summed E-state index contributed by atoms with van der Waals surface area (Å²) >= 11 is 0. The van der Waals surface area contributed by atoms with Gasteiger partial charge in [0, 0.05) is 23.0 Å². The smallest absolute Gasteiger partial charge is 0.336 e. The maximum atomic E-state index is 15.1. The van der Waals surface area contributed by atoms with E-state index in [1.165, 1.54) is 18.3 Å². The zero-order chi connectivity index (χ0) is 23.3. The number of halogens is 3. The summed E-state index contributed by atoms with van der Waals surface area (Å²) in [5.74, 6) is -4.76. The van der Waals surface area contributed by atoms with Gasteiger partial charge in [0.1, 0.15) is 5.82 Å². The van der Waals surface area contributed by atoms with Crippen molar-refractivity contribution in [2.75, 3.05) is 5.32 Å². The summed E-state index contributed by atoms with van der Waals surface area (Å²) in [5.41, 5.74) is -0.840. The Bertz CT molecular complexity index is 1280. The van der Waals surface area contributed by atoms with Crippen molar-refractivity contribution in [2.45, 2.75) is 43.6 Å². The van der Waals surface area contributed by atoms with Gasteiger partial charge in [-0.2, -0.15) is 5.10 Å². The van der Waals surface area contributed by atoms with Crippen LogP contribution in [0.2, 0.25) is 0 Å². The lowest BCUT2D eigenvalue weighted by Gasteiger charge is -2.25. The van der Waals surface area contributed by atoms with E-state index in [4.69, 9.17) is 0 Å². The van der Waals surface area contributed by atoms with Crippen molar-refractivity contribution in [3.05, 3.63) is 71.3 Å². The average Bonchev–Trinajstić information content (AvgIpc) is 3.42. The van der Waals surface area contributed by atoms with Crippen molar-refractivity contribution < 1.29 is 27.9 Å². The molecule has 170 valence electrons. The molecule has 0 saturated heterocycles. The molecule has 2 aromatic carbocycles. The molecule has 2 saturated carbocycles. The molecule has 1 heterocycles. The number of nitrogens with zero attached hydrogens (tertiary/aromatic N) is 2. The monoisotopic (exact) mass is 455 g/mol. The lowest BCUT2D eigenvalue weighted by Crippen LogP contribution is -2.28. The Kier molecular flexibility index (Phi) is 4.99. The van der Waals surface area contributed by atoms with Gasteiger partial charge in [0.05, 0.1) is 23.2 Å². The number of anilines is 1. The number of carbonyl (C=O) groups is 2. The predicted molar refractivity (Wildman–Crippen MR) is 113 cm³/mol. The highest BCUT2D eigenvalue weighted by atomic mass is 19.2. The van der Waals surface area contributed by atoms with E-state index in [9.17, 15) is 23.5 Å². The summed E-state index contributed by atoms with van der Waals surface area (Å²) in [6, 6.07) is 5.77. The van der Waals surface area contributed by atoms with Crippen LogP contribution >= 0.6 is 0 Å². The number of rotatable bonds is 6. The van der Waals surface area contributed by atoms with Crippen LogP contribution in [0.5, 0.6) is 0 Å². The van der Waals surface area contributed by atoms with Crippen molar-refractivity contribution in [1.29, 1.82) is 0 Å². The Hall–Kier alpha value is -3.62. The Morgan fingerprint density at radius 3 is 2.42 bits per heavy atom. The molecule has 0 bridgehead atoms. The summed E-state index contributed by atoms with van der Waals surface area (Å²) in [7, 11) is 0. The second kappa shape index (κ2) is 7.75. The van der Waals surface area contributed by atoms with E-state index in [0.717, 1.165) is 37.5 Å². The second-order valence-corrected chi connectivity index (χ2v) is 8.64. The molecule has 1 amide bonds. The molecular formula is C24H20F3N3O3. The highest BCUT2D eigenvalue weighted by Gasteiger charge is 2.51. The van der Waals surface area contributed by atoms with Crippen LogP contribution < -0.4 is 5.32 Å². The Labute approximate surface area is 187 Å². The number of benzene rings is 2. The third kappa shape index (κ3) is 3.67. The molecule has 6 nitrogen and oxygen atoms in total. The molecule has 33 heavy (non-hydrogen) atoms. The molecule has 3 aromatic rings. The molecule has 0 aliphatic heterocycles. The topological polar surface area (TPSA) is 84.2 Å². The zero-order valence-electron chi connectivity index (χ0n) is 17.4. The third-order valence-electron chi connectivity index (χ3n) is 6.57. The standard InChI is InChI=1S/C24H20F3N3O3/c25-18-5-4-14(8-19(18)26)24(6-7-24)23(33)29-15-9-17(22(31)32)21(20(27)10-15)13-11-28-30(12-13)16-2-1-3-16/h4-5,8-12,16H,1-3,6-7H2,(H,29,33)(H,31,32). The summed E-state index contributed by atoms with van der Waals surface area (Å²) in [6.45, 7) is 0. The van der Waals surface area contributed by atoms with Gasteiger partial charge in [-0.1, -0.05) is 6.07 Å². The fourth-order valence-corrected chi connectivity index (χ4v) is 4.28. The van der Waals surface area contributed by atoms with Gasteiger partial charge < -0.3 is 10.4 Å². The molecule has 2 aliphatic carbocycles. The number of carboxylic acids is 1. The number of nitrogens with one attached hydrogen (secondary N) is 1. The normalized spacial score (nSPS) is 16.8. The Morgan fingerprint density at radius 2 is 1.82 bits per heavy atom. The van der Waals surface area contributed by atoms with Gasteiger partial charge in [-0.05, 0) is 61.9 Å². The van der Waals surface area contributed by atoms with Gasteiger partial charge in [0.2, 0.25) is 5.91 Å². The van der Waals surface area contributed by atoms with Crippen LogP contribution in [0.4, 0.5) is 18.9 Å². The number of hydrogen-bond acceptors (Lipinski definition) is 3. The zero-order valence-corrected chi connectivity index (χ0v) is 17.4. The Balaban J connectivity index is 1.44. The van der Waals surface area contributed by atoms with Crippen LogP contribution in [-0.2, 0) is 10.2 Å². The number of carbonyl (C=O) groups excluding carboxylic acids is 1. The van der Waals surface area contributed by atoms with Gasteiger partial charge in [-0.15, -0.1) is 0 Å². The number of aromatic carboxylic acids is 1. The molecule has 2 fully saturated rings. The molecule has 2 N–H and O–H groups in total. The summed E-state index contributed by atoms with van der Waals surface area (Å²) in [6.07, 6.45) is 6.93. The van der Waals surface area contributed by atoms with E-state index in [1.807, 2.05) is 0 Å². The van der Waals surface area contributed by atoms with Crippen molar-refractivity contribution in [2.24, 2.45) is 0 Å². The number of hydrogen-bond donors (Lipinski definition) is 2. The van der Waals surface area contributed by atoms with Crippen molar-refractivity contribution in [1.82, 2.24) is 9.78 Å². The second-order valence-electron chi connectivity index (χ2n) is 8.64. The minimum atomic E-state index is -1.35. The van der Waals surface area contributed by atoms with Crippen LogP contribution in [0.3, 0.4) is 0 Å². The summed E-state index contributed by atoms with van der Waals surface area (Å²) in [4.78, 5) is 24.9. The number of aromatic nitrogens is 2. The molecular weight excluding hydrogens is 435 g/mol. The fourth-order valence-electron chi connectivity index (χ4n) is 4.28. The highest BCUT2D eigenvalue weighted by molar-refractivity contribution is 6.03. The highest BCUT2D eigenvalue weighted by Crippen LogP contribution is 2.49. The van der Waals surface area contributed by atoms with E-state index in [2.05, 4.69) is 10.4 Å². The summed E-state index contributed by atoms with van der Waals surface area (Å²) < 4.78 is 43.8. The fraction of sp³-hybridized carbons (Fsp3) is 0.292. The van der Waals surface area contributed by atoms with Gasteiger partial charge in [0.15, 0.2) is 11.6 Å². The first kappa shape index (κ1) is 21.2. The maximum Gasteiger partial charge on any atom is 0.336 e. The molecule has 0 radical (unpaired) electrons. The first-order valence-electron chi connectivity index (χ1n) is 10.7. The van der Waals surface area contributed by atoms with E-state index in [0.29, 0.717) is 24.0 Å².